The number of fused-ring (bicyclic) bond motifs is 2. The summed E-state index contributed by atoms with van der Waals surface area (Å²) < 4.78 is 27.8. The average Bonchev–Trinajstić information content (AvgIpc) is 3.21. The fourth-order valence-electron chi connectivity index (χ4n) is 3.95. The van der Waals surface area contributed by atoms with Crippen molar-refractivity contribution in [2.24, 2.45) is 0 Å². The molecule has 3 aromatic rings. The van der Waals surface area contributed by atoms with E-state index in [1.807, 2.05) is 36.4 Å². The summed E-state index contributed by atoms with van der Waals surface area (Å²) in [5.74, 6) is -0.139. The van der Waals surface area contributed by atoms with Crippen LogP contribution >= 0.6 is 22.9 Å². The van der Waals surface area contributed by atoms with Gasteiger partial charge in [0.15, 0.2) is 5.01 Å². The molecule has 0 atom stereocenters. The molecule has 0 N–H and O–H groups in total. The molecule has 2 aliphatic rings. The molecule has 0 spiro atoms. The van der Waals surface area contributed by atoms with Crippen molar-refractivity contribution >= 4 is 55.7 Å². The zero-order valence-electron chi connectivity index (χ0n) is 17.4. The molecule has 1 fully saturated rings. The van der Waals surface area contributed by atoms with Crippen molar-refractivity contribution in [2.45, 2.75) is 11.4 Å². The molecule has 166 valence electrons. The Balaban J connectivity index is 1.29. The number of carbonyl (C=O) groups is 1. The van der Waals surface area contributed by atoms with Crippen LogP contribution in [0.4, 0.5) is 0 Å². The average molecular weight is 489 g/mol. The van der Waals surface area contributed by atoms with Gasteiger partial charge in [-0.2, -0.15) is 4.31 Å². The minimum atomic E-state index is -3.65. The number of thiazole rings is 1. The van der Waals surface area contributed by atoms with Gasteiger partial charge in [0.2, 0.25) is 10.0 Å². The largest absolute Gasteiger partial charge is 0.374 e. The number of carbonyl (C=O) groups excluding carboxylic acids is 1. The number of halogens is 1. The Morgan fingerprint density at radius 3 is 2.56 bits per heavy atom. The van der Waals surface area contributed by atoms with Crippen LogP contribution in [0.15, 0.2) is 47.5 Å². The second-order valence-electron chi connectivity index (χ2n) is 7.91. The molecule has 3 heterocycles. The van der Waals surface area contributed by atoms with E-state index in [1.165, 1.54) is 15.6 Å². The van der Waals surface area contributed by atoms with Crippen LogP contribution in [0.5, 0.6) is 0 Å². The maximum Gasteiger partial charge on any atom is 0.282 e. The summed E-state index contributed by atoms with van der Waals surface area (Å²) in [4.78, 5) is 22.4. The van der Waals surface area contributed by atoms with Gasteiger partial charge in [-0.25, -0.2) is 13.4 Å². The van der Waals surface area contributed by atoms with Crippen LogP contribution in [0.2, 0.25) is 5.02 Å². The molecule has 0 radical (unpaired) electrons. The molecule has 5 rings (SSSR count). The first kappa shape index (κ1) is 21.4. The van der Waals surface area contributed by atoms with Crippen LogP contribution < -0.4 is 0 Å². The molecule has 32 heavy (non-hydrogen) atoms. The van der Waals surface area contributed by atoms with Crippen molar-refractivity contribution in [3.63, 3.8) is 0 Å². The van der Waals surface area contributed by atoms with E-state index in [0.29, 0.717) is 29.7 Å². The third-order valence-corrected chi connectivity index (χ3v) is 8.91. The Labute approximate surface area is 195 Å². The molecule has 0 unspecified atom stereocenters. The van der Waals surface area contributed by atoms with Crippen molar-refractivity contribution in [2.75, 3.05) is 33.2 Å². The van der Waals surface area contributed by atoms with Gasteiger partial charge in [0, 0.05) is 44.4 Å². The van der Waals surface area contributed by atoms with Crippen molar-refractivity contribution in [3.8, 4) is 0 Å². The lowest BCUT2D eigenvalue weighted by Gasteiger charge is -2.33. The van der Waals surface area contributed by atoms with Crippen molar-refractivity contribution in [1.82, 2.24) is 19.1 Å². The molecule has 1 amide bonds. The quantitative estimate of drug-likeness (QED) is 0.564. The highest BCUT2D eigenvalue weighted by Gasteiger charge is 2.32. The highest BCUT2D eigenvalue weighted by Crippen LogP contribution is 2.28. The Bertz CT molecular complexity index is 1340. The summed E-state index contributed by atoms with van der Waals surface area (Å²) in [7, 11) is -1.69. The van der Waals surface area contributed by atoms with Gasteiger partial charge in [-0.3, -0.25) is 4.79 Å². The predicted molar refractivity (Wildman–Crippen MR) is 126 cm³/mol. The van der Waals surface area contributed by atoms with Gasteiger partial charge < -0.3 is 9.80 Å². The van der Waals surface area contributed by atoms with E-state index in [2.05, 4.69) is 4.98 Å². The van der Waals surface area contributed by atoms with Gasteiger partial charge in [0.1, 0.15) is 0 Å². The molecular formula is C22H21ClN4O3S2. The maximum absolute atomic E-state index is 13.2. The van der Waals surface area contributed by atoms with Gasteiger partial charge in [-0.15, -0.1) is 11.3 Å². The number of hydrogen-bond donors (Lipinski definition) is 0. The van der Waals surface area contributed by atoms with Crippen LogP contribution in [-0.2, 0) is 16.6 Å². The smallest absolute Gasteiger partial charge is 0.282 e. The lowest BCUT2D eigenvalue weighted by atomic mass is 10.1. The first-order valence-electron chi connectivity index (χ1n) is 10.2. The van der Waals surface area contributed by atoms with E-state index in [9.17, 15) is 13.2 Å². The fraction of sp³-hybridized carbons (Fsp3) is 0.273. The first-order chi connectivity index (χ1) is 15.3. The third kappa shape index (κ3) is 3.90. The Hall–Kier alpha value is -2.46. The number of rotatable bonds is 3. The zero-order chi connectivity index (χ0) is 22.5. The topological polar surface area (TPSA) is 73.8 Å². The fourth-order valence-corrected chi connectivity index (χ4v) is 6.53. The van der Waals surface area contributed by atoms with E-state index < -0.39 is 10.0 Å². The molecule has 0 bridgehead atoms. The summed E-state index contributed by atoms with van der Waals surface area (Å²) >= 11 is 7.41. The van der Waals surface area contributed by atoms with E-state index in [0.717, 1.165) is 21.3 Å². The minimum Gasteiger partial charge on any atom is -0.374 e. The van der Waals surface area contributed by atoms with Crippen molar-refractivity contribution in [3.05, 3.63) is 63.2 Å². The minimum absolute atomic E-state index is 0.139. The molecule has 1 saturated heterocycles. The monoisotopic (exact) mass is 488 g/mol. The second-order valence-corrected chi connectivity index (χ2v) is 11.3. The lowest BCUT2D eigenvalue weighted by molar-refractivity contribution is 0.0697. The summed E-state index contributed by atoms with van der Waals surface area (Å²) in [6, 6.07) is 10.4. The SMILES string of the molecule is CN1C=Cc2sc(C(=O)N3CCN(S(=O)(=O)c4ccc5cc(Cl)ccc5c4)CC3)nc2C1. The predicted octanol–water partition coefficient (Wildman–Crippen LogP) is 3.51. The number of sulfonamides is 1. The molecule has 2 aromatic carbocycles. The van der Waals surface area contributed by atoms with E-state index >= 15 is 0 Å². The molecule has 7 nitrogen and oxygen atoms in total. The molecule has 0 aliphatic carbocycles. The van der Waals surface area contributed by atoms with Crippen molar-refractivity contribution in [1.29, 1.82) is 0 Å². The van der Waals surface area contributed by atoms with Crippen LogP contribution in [0.1, 0.15) is 20.4 Å². The molecule has 10 heteroatoms. The Kier molecular flexibility index (Phi) is 5.45. The number of piperazine rings is 1. The number of benzene rings is 2. The molecule has 1 aromatic heterocycles. The van der Waals surface area contributed by atoms with Crippen LogP contribution in [-0.4, -0.2) is 66.6 Å². The number of aromatic nitrogens is 1. The van der Waals surface area contributed by atoms with Gasteiger partial charge in [-0.1, -0.05) is 23.7 Å². The van der Waals surface area contributed by atoms with Crippen LogP contribution in [0.3, 0.4) is 0 Å². The first-order valence-corrected chi connectivity index (χ1v) is 12.8. The maximum atomic E-state index is 13.2. The number of hydrogen-bond acceptors (Lipinski definition) is 6. The number of amides is 1. The van der Waals surface area contributed by atoms with Crippen LogP contribution in [0, 0.1) is 0 Å². The van der Waals surface area contributed by atoms with E-state index in [-0.39, 0.29) is 23.9 Å². The van der Waals surface area contributed by atoms with Gasteiger partial charge in [0.05, 0.1) is 22.0 Å². The van der Waals surface area contributed by atoms with Crippen molar-refractivity contribution < 1.29 is 13.2 Å². The van der Waals surface area contributed by atoms with Gasteiger partial charge in [0.25, 0.3) is 5.91 Å². The number of nitrogens with zero attached hydrogens (tertiary/aromatic N) is 4. The van der Waals surface area contributed by atoms with E-state index in [4.69, 9.17) is 11.6 Å². The van der Waals surface area contributed by atoms with Gasteiger partial charge in [-0.05, 0) is 41.1 Å². The Morgan fingerprint density at radius 2 is 1.78 bits per heavy atom. The zero-order valence-corrected chi connectivity index (χ0v) is 19.8. The highest BCUT2D eigenvalue weighted by molar-refractivity contribution is 7.89. The molecular weight excluding hydrogens is 468 g/mol. The molecule has 0 saturated carbocycles. The standard InChI is InChI=1S/C22H21ClN4O3S2/c1-25-7-6-20-19(14-25)24-21(31-20)22(28)26-8-10-27(11-9-26)32(29,30)18-5-3-15-12-17(23)4-2-16(15)13-18/h2-7,12-13H,8-11,14H2,1H3. The summed E-state index contributed by atoms with van der Waals surface area (Å²) in [6.07, 6.45) is 3.94. The summed E-state index contributed by atoms with van der Waals surface area (Å²) in [5, 5.41) is 2.77. The highest BCUT2D eigenvalue weighted by atomic mass is 35.5. The third-order valence-electron chi connectivity index (χ3n) is 5.73. The second kappa shape index (κ2) is 8.15. The Morgan fingerprint density at radius 1 is 1.06 bits per heavy atom. The summed E-state index contributed by atoms with van der Waals surface area (Å²) in [6.45, 7) is 1.85. The summed E-state index contributed by atoms with van der Waals surface area (Å²) in [5.41, 5.74) is 0.905. The van der Waals surface area contributed by atoms with Gasteiger partial charge >= 0.3 is 0 Å². The molecule has 2 aliphatic heterocycles. The van der Waals surface area contributed by atoms with Crippen LogP contribution in [0.25, 0.3) is 16.8 Å². The van der Waals surface area contributed by atoms with E-state index in [1.54, 1.807) is 29.2 Å². The normalized spacial score (nSPS) is 17.1. The lowest BCUT2D eigenvalue weighted by Crippen LogP contribution is -2.50.